The summed E-state index contributed by atoms with van der Waals surface area (Å²) in [5.74, 6) is 0.0178. The number of amides is 2. The molecule has 1 aromatic carbocycles. The van der Waals surface area contributed by atoms with Gasteiger partial charge in [-0.2, -0.15) is 5.10 Å². The van der Waals surface area contributed by atoms with Crippen LogP contribution in [0.3, 0.4) is 0 Å². The Labute approximate surface area is 195 Å². The lowest BCUT2D eigenvalue weighted by atomic mass is 10.0. The quantitative estimate of drug-likeness (QED) is 0.722. The van der Waals surface area contributed by atoms with Crippen LogP contribution in [0.1, 0.15) is 35.8 Å². The van der Waals surface area contributed by atoms with Gasteiger partial charge >= 0.3 is 6.09 Å². The van der Waals surface area contributed by atoms with Crippen LogP contribution in [0.5, 0.6) is 0 Å². The van der Waals surface area contributed by atoms with Crippen molar-refractivity contribution in [1.29, 1.82) is 0 Å². The molecule has 0 aliphatic carbocycles. The molecule has 1 aromatic heterocycles. The SMILES string of the molecule is CCOC(=O)N1CCN(C(=O)c2ccc(N3CCC(N(C)Cc4ccn[nH]4)CC3)cc2)CC1. The van der Waals surface area contributed by atoms with Gasteiger partial charge in [-0.05, 0) is 57.1 Å². The van der Waals surface area contributed by atoms with Gasteiger partial charge in [-0.3, -0.25) is 14.8 Å². The molecule has 1 N–H and O–H groups in total. The molecule has 9 nitrogen and oxygen atoms in total. The first-order valence-electron chi connectivity index (χ1n) is 11.8. The lowest BCUT2D eigenvalue weighted by molar-refractivity contribution is 0.0570. The minimum atomic E-state index is -0.301. The summed E-state index contributed by atoms with van der Waals surface area (Å²) in [4.78, 5) is 33.0. The molecule has 0 atom stereocenters. The van der Waals surface area contributed by atoms with E-state index in [1.807, 2.05) is 23.1 Å². The maximum Gasteiger partial charge on any atom is 0.409 e. The fourth-order valence-electron chi connectivity index (χ4n) is 4.64. The predicted octanol–water partition coefficient (Wildman–Crippen LogP) is 2.42. The Morgan fingerprint density at radius 3 is 2.30 bits per heavy atom. The van der Waals surface area contributed by atoms with Crippen LogP contribution in [-0.2, 0) is 11.3 Å². The molecule has 0 unspecified atom stereocenters. The number of benzene rings is 1. The van der Waals surface area contributed by atoms with E-state index in [0.717, 1.165) is 43.9 Å². The van der Waals surface area contributed by atoms with Crippen molar-refractivity contribution in [2.75, 3.05) is 57.8 Å². The summed E-state index contributed by atoms with van der Waals surface area (Å²) >= 11 is 0. The highest BCUT2D eigenvalue weighted by atomic mass is 16.6. The highest BCUT2D eigenvalue weighted by Gasteiger charge is 2.26. The second-order valence-electron chi connectivity index (χ2n) is 8.74. The zero-order valence-corrected chi connectivity index (χ0v) is 19.6. The van der Waals surface area contributed by atoms with E-state index in [4.69, 9.17) is 4.74 Å². The lowest BCUT2D eigenvalue weighted by Crippen LogP contribution is -2.50. The Morgan fingerprint density at radius 1 is 1.03 bits per heavy atom. The molecule has 2 aliphatic heterocycles. The normalized spacial score (nSPS) is 17.5. The highest BCUT2D eigenvalue weighted by molar-refractivity contribution is 5.94. The molecule has 178 valence electrons. The third-order valence-corrected chi connectivity index (χ3v) is 6.64. The largest absolute Gasteiger partial charge is 0.450 e. The van der Waals surface area contributed by atoms with Crippen LogP contribution in [0.2, 0.25) is 0 Å². The Bertz CT molecular complexity index is 901. The van der Waals surface area contributed by atoms with E-state index in [2.05, 4.69) is 39.2 Å². The average molecular weight is 455 g/mol. The van der Waals surface area contributed by atoms with Crippen molar-refractivity contribution in [2.45, 2.75) is 32.4 Å². The predicted molar refractivity (Wildman–Crippen MR) is 126 cm³/mol. The van der Waals surface area contributed by atoms with Gasteiger partial charge in [0.05, 0.1) is 6.61 Å². The van der Waals surface area contributed by atoms with Crippen LogP contribution in [-0.4, -0.2) is 95.9 Å². The van der Waals surface area contributed by atoms with E-state index in [1.165, 1.54) is 0 Å². The van der Waals surface area contributed by atoms with E-state index in [0.29, 0.717) is 44.4 Å². The Hall–Kier alpha value is -3.07. The van der Waals surface area contributed by atoms with Crippen LogP contribution in [0, 0.1) is 0 Å². The summed E-state index contributed by atoms with van der Waals surface area (Å²) in [5, 5.41) is 7.07. The number of aromatic amines is 1. The van der Waals surface area contributed by atoms with Crippen LogP contribution in [0.4, 0.5) is 10.5 Å². The molecule has 0 saturated carbocycles. The highest BCUT2D eigenvalue weighted by Crippen LogP contribution is 2.24. The Morgan fingerprint density at radius 2 is 1.70 bits per heavy atom. The first kappa shape index (κ1) is 23.1. The Kier molecular flexibility index (Phi) is 7.49. The van der Waals surface area contributed by atoms with Crippen molar-refractivity contribution in [3.63, 3.8) is 0 Å². The molecule has 2 aromatic rings. The number of ether oxygens (including phenoxy) is 1. The Balaban J connectivity index is 1.26. The van der Waals surface area contributed by atoms with Gasteiger partial charge in [-0.25, -0.2) is 4.79 Å². The van der Waals surface area contributed by atoms with Crippen molar-refractivity contribution in [1.82, 2.24) is 24.9 Å². The van der Waals surface area contributed by atoms with E-state index in [1.54, 1.807) is 18.0 Å². The molecular weight excluding hydrogens is 420 g/mol. The van der Waals surface area contributed by atoms with Crippen LogP contribution in [0.25, 0.3) is 0 Å². The molecule has 0 bridgehead atoms. The summed E-state index contributed by atoms with van der Waals surface area (Å²) in [6.45, 7) is 7.11. The maximum absolute atomic E-state index is 12.9. The number of H-pyrrole nitrogens is 1. The zero-order chi connectivity index (χ0) is 23.2. The standard InChI is InChI=1S/C24H34N6O3/c1-3-33-24(32)30-16-14-29(15-17-30)23(31)19-4-6-22(7-5-19)28-12-9-21(10-13-28)27(2)18-20-8-11-25-26-20/h4-8,11,21H,3,9-10,12-18H2,1-2H3,(H,25,26). The lowest BCUT2D eigenvalue weighted by Gasteiger charge is -2.38. The molecule has 2 aliphatic rings. The second-order valence-corrected chi connectivity index (χ2v) is 8.74. The number of aromatic nitrogens is 2. The topological polar surface area (TPSA) is 85.0 Å². The van der Waals surface area contributed by atoms with E-state index in [9.17, 15) is 9.59 Å². The number of anilines is 1. The molecule has 2 amide bonds. The first-order chi connectivity index (χ1) is 16.0. The number of hydrogen-bond donors (Lipinski definition) is 1. The van der Waals surface area contributed by atoms with Gasteiger partial charge in [0.1, 0.15) is 0 Å². The molecule has 0 radical (unpaired) electrons. The summed E-state index contributed by atoms with van der Waals surface area (Å²) in [5.41, 5.74) is 2.99. The van der Waals surface area contributed by atoms with Crippen molar-refractivity contribution in [3.8, 4) is 0 Å². The first-order valence-corrected chi connectivity index (χ1v) is 11.8. The van der Waals surface area contributed by atoms with E-state index < -0.39 is 0 Å². The van der Waals surface area contributed by atoms with Gasteiger partial charge in [0.15, 0.2) is 0 Å². The summed E-state index contributed by atoms with van der Waals surface area (Å²) < 4.78 is 5.05. The molecule has 3 heterocycles. The molecular formula is C24H34N6O3. The summed E-state index contributed by atoms with van der Waals surface area (Å²) in [7, 11) is 2.17. The molecule has 0 spiro atoms. The number of nitrogens with one attached hydrogen (secondary N) is 1. The number of piperidine rings is 1. The van der Waals surface area contributed by atoms with E-state index in [-0.39, 0.29) is 12.0 Å². The third kappa shape index (κ3) is 5.65. The van der Waals surface area contributed by atoms with Gasteiger partial charge in [-0.15, -0.1) is 0 Å². The van der Waals surface area contributed by atoms with Gasteiger partial charge in [0.25, 0.3) is 5.91 Å². The van der Waals surface area contributed by atoms with Crippen molar-refractivity contribution in [3.05, 3.63) is 47.8 Å². The maximum atomic E-state index is 12.9. The molecule has 33 heavy (non-hydrogen) atoms. The fourth-order valence-corrected chi connectivity index (χ4v) is 4.64. The van der Waals surface area contributed by atoms with Gasteiger partial charge in [-0.1, -0.05) is 0 Å². The van der Waals surface area contributed by atoms with E-state index >= 15 is 0 Å². The van der Waals surface area contributed by atoms with Crippen LogP contribution in [0.15, 0.2) is 36.5 Å². The number of hydrogen-bond acceptors (Lipinski definition) is 6. The number of nitrogens with zero attached hydrogens (tertiary/aromatic N) is 5. The van der Waals surface area contributed by atoms with Gasteiger partial charge in [0, 0.05) is 75.0 Å². The van der Waals surface area contributed by atoms with Gasteiger partial charge < -0.3 is 19.4 Å². The minimum Gasteiger partial charge on any atom is -0.450 e. The number of carbonyl (C=O) groups excluding carboxylic acids is 2. The number of carbonyl (C=O) groups is 2. The molecule has 4 rings (SSSR count). The summed E-state index contributed by atoms with van der Waals surface area (Å²) in [6, 6.07) is 10.5. The summed E-state index contributed by atoms with van der Waals surface area (Å²) in [6.07, 6.45) is 3.71. The average Bonchev–Trinajstić information content (AvgIpc) is 3.37. The van der Waals surface area contributed by atoms with Crippen LogP contribution < -0.4 is 4.90 Å². The van der Waals surface area contributed by atoms with Crippen LogP contribution >= 0.6 is 0 Å². The second kappa shape index (κ2) is 10.7. The molecule has 2 fully saturated rings. The molecule has 2 saturated heterocycles. The smallest absolute Gasteiger partial charge is 0.409 e. The van der Waals surface area contributed by atoms with Crippen molar-refractivity contribution in [2.24, 2.45) is 0 Å². The molecule has 9 heteroatoms. The number of rotatable bonds is 6. The van der Waals surface area contributed by atoms with Crippen molar-refractivity contribution >= 4 is 17.7 Å². The van der Waals surface area contributed by atoms with Gasteiger partial charge in [0.2, 0.25) is 0 Å². The monoisotopic (exact) mass is 454 g/mol. The number of piperazine rings is 1. The van der Waals surface area contributed by atoms with Crippen molar-refractivity contribution < 1.29 is 14.3 Å². The fraction of sp³-hybridized carbons (Fsp3) is 0.542. The zero-order valence-electron chi connectivity index (χ0n) is 19.6. The minimum absolute atomic E-state index is 0.0178. The third-order valence-electron chi connectivity index (χ3n) is 6.64.